The smallest absolute Gasteiger partial charge is 0.262 e. The van der Waals surface area contributed by atoms with E-state index in [4.69, 9.17) is 4.74 Å². The Morgan fingerprint density at radius 2 is 1.93 bits per heavy atom. The number of aromatic amines is 1. The van der Waals surface area contributed by atoms with E-state index < -0.39 is 5.60 Å². The van der Waals surface area contributed by atoms with Gasteiger partial charge in [0.2, 0.25) is 0 Å². The van der Waals surface area contributed by atoms with Crippen LogP contribution < -0.4 is 5.56 Å². The normalized spacial score (nSPS) is 18.6. The largest absolute Gasteiger partial charge is 0.370 e. The van der Waals surface area contributed by atoms with Crippen molar-refractivity contribution < 1.29 is 4.74 Å². The molecule has 0 saturated heterocycles. The fraction of sp³-hybridized carbons (Fsp3) is 0.476. The highest BCUT2D eigenvalue weighted by Crippen LogP contribution is 2.43. The van der Waals surface area contributed by atoms with Crippen LogP contribution in [0.1, 0.15) is 60.5 Å². The molecule has 0 atom stereocenters. The van der Waals surface area contributed by atoms with E-state index >= 15 is 0 Å². The second-order valence-corrected chi connectivity index (χ2v) is 8.06. The summed E-state index contributed by atoms with van der Waals surface area (Å²) in [5.74, 6) is 1.31. The summed E-state index contributed by atoms with van der Waals surface area (Å²) in [4.78, 5) is 20.2. The van der Waals surface area contributed by atoms with Crippen LogP contribution in [0.2, 0.25) is 0 Å². The lowest BCUT2D eigenvalue weighted by atomic mass is 9.79. The van der Waals surface area contributed by atoms with Crippen molar-refractivity contribution in [2.24, 2.45) is 0 Å². The van der Waals surface area contributed by atoms with Crippen LogP contribution in [0.3, 0.4) is 0 Å². The first-order chi connectivity index (χ1) is 13.0. The zero-order chi connectivity index (χ0) is 18.8. The Morgan fingerprint density at radius 1 is 1.22 bits per heavy atom. The Morgan fingerprint density at radius 3 is 2.48 bits per heavy atom. The number of rotatable bonds is 4. The van der Waals surface area contributed by atoms with Gasteiger partial charge in [0.05, 0.1) is 5.69 Å². The minimum absolute atomic E-state index is 0.158. The monoisotopic (exact) mass is 364 g/mol. The van der Waals surface area contributed by atoms with Gasteiger partial charge in [-0.3, -0.25) is 4.79 Å². The van der Waals surface area contributed by atoms with Crippen LogP contribution >= 0.6 is 0 Å². The van der Waals surface area contributed by atoms with Gasteiger partial charge in [-0.15, -0.1) is 5.10 Å². The molecule has 2 aliphatic carbocycles. The van der Waals surface area contributed by atoms with Crippen LogP contribution in [-0.4, -0.2) is 26.9 Å². The quantitative estimate of drug-likeness (QED) is 0.767. The zero-order valence-corrected chi connectivity index (χ0v) is 16.0. The maximum Gasteiger partial charge on any atom is 0.262 e. The topological polar surface area (TPSA) is 72.8 Å². The second kappa shape index (κ2) is 5.76. The Labute approximate surface area is 157 Å². The molecule has 0 radical (unpaired) electrons. The predicted octanol–water partition coefficient (Wildman–Crippen LogP) is 3.63. The van der Waals surface area contributed by atoms with Crippen molar-refractivity contribution in [1.82, 2.24) is 19.7 Å². The number of nitrogens with zero attached hydrogens (tertiary/aromatic N) is 3. The first kappa shape index (κ1) is 16.7. The van der Waals surface area contributed by atoms with Crippen molar-refractivity contribution in [3.05, 3.63) is 51.2 Å². The Hall–Kier alpha value is -2.47. The van der Waals surface area contributed by atoms with E-state index in [0.29, 0.717) is 22.8 Å². The molecule has 0 unspecified atom stereocenters. The molecule has 140 valence electrons. The Kier molecular flexibility index (Phi) is 3.56. The molecule has 3 aromatic rings. The molecule has 27 heavy (non-hydrogen) atoms. The van der Waals surface area contributed by atoms with E-state index in [1.807, 2.05) is 0 Å². The molecule has 0 amide bonds. The maximum absolute atomic E-state index is 12.7. The van der Waals surface area contributed by atoms with Crippen LogP contribution in [0.25, 0.3) is 16.7 Å². The molecular weight excluding hydrogens is 340 g/mol. The maximum atomic E-state index is 12.7. The van der Waals surface area contributed by atoms with Gasteiger partial charge in [-0.1, -0.05) is 12.1 Å². The van der Waals surface area contributed by atoms with Crippen molar-refractivity contribution in [3.8, 4) is 5.69 Å². The fourth-order valence-corrected chi connectivity index (χ4v) is 4.29. The summed E-state index contributed by atoms with van der Waals surface area (Å²) >= 11 is 0. The van der Waals surface area contributed by atoms with Crippen LogP contribution in [0.15, 0.2) is 23.1 Å². The zero-order valence-electron chi connectivity index (χ0n) is 16.0. The molecule has 2 aliphatic rings. The third kappa shape index (κ3) is 2.54. The summed E-state index contributed by atoms with van der Waals surface area (Å²) in [6.07, 6.45) is 7.19. The number of aromatic nitrogens is 4. The van der Waals surface area contributed by atoms with Gasteiger partial charge in [0.15, 0.2) is 5.65 Å². The number of ether oxygens (including phenoxy) is 1. The highest BCUT2D eigenvalue weighted by molar-refractivity contribution is 5.74. The molecular formula is C21H24N4O2. The lowest BCUT2D eigenvalue weighted by Crippen LogP contribution is -2.39. The summed E-state index contributed by atoms with van der Waals surface area (Å²) in [5, 5.41) is 5.16. The van der Waals surface area contributed by atoms with E-state index in [1.54, 1.807) is 18.0 Å². The summed E-state index contributed by atoms with van der Waals surface area (Å²) in [7, 11) is 1.68. The highest BCUT2D eigenvalue weighted by Gasteiger charge is 2.41. The molecule has 0 spiro atoms. The van der Waals surface area contributed by atoms with Gasteiger partial charge in [0.1, 0.15) is 16.8 Å². The second-order valence-electron chi connectivity index (χ2n) is 8.06. The third-order valence-electron chi connectivity index (χ3n) is 6.16. The van der Waals surface area contributed by atoms with Gasteiger partial charge in [0.25, 0.3) is 5.56 Å². The number of hydrogen-bond donors (Lipinski definition) is 1. The number of H-pyrrole nitrogens is 1. The number of benzene rings is 1. The van der Waals surface area contributed by atoms with Crippen molar-refractivity contribution in [2.75, 3.05) is 7.11 Å². The minimum Gasteiger partial charge on any atom is -0.370 e. The predicted molar refractivity (Wildman–Crippen MR) is 103 cm³/mol. The van der Waals surface area contributed by atoms with Gasteiger partial charge in [-0.2, -0.15) is 0 Å². The molecule has 0 aliphatic heterocycles. The van der Waals surface area contributed by atoms with Crippen LogP contribution in [0, 0.1) is 13.8 Å². The van der Waals surface area contributed by atoms with E-state index in [9.17, 15) is 4.79 Å². The van der Waals surface area contributed by atoms with Gasteiger partial charge >= 0.3 is 0 Å². The number of nitrogens with one attached hydrogen (secondary N) is 1. The molecule has 1 N–H and O–H groups in total. The van der Waals surface area contributed by atoms with Crippen molar-refractivity contribution in [2.45, 2.75) is 57.5 Å². The molecule has 5 rings (SSSR count). The first-order valence-corrected chi connectivity index (χ1v) is 9.67. The molecule has 2 heterocycles. The average Bonchev–Trinajstić information content (AvgIpc) is 3.34. The van der Waals surface area contributed by atoms with Crippen molar-refractivity contribution >= 4 is 11.0 Å². The van der Waals surface area contributed by atoms with Crippen LogP contribution in [-0.2, 0) is 10.3 Å². The van der Waals surface area contributed by atoms with E-state index in [-0.39, 0.29) is 5.56 Å². The summed E-state index contributed by atoms with van der Waals surface area (Å²) in [6, 6.07) is 4.51. The molecule has 6 nitrogen and oxygen atoms in total. The van der Waals surface area contributed by atoms with Crippen LogP contribution in [0.4, 0.5) is 0 Å². The first-order valence-electron chi connectivity index (χ1n) is 9.67. The number of hydrogen-bond acceptors (Lipinski definition) is 4. The molecule has 2 aromatic heterocycles. The van der Waals surface area contributed by atoms with Crippen LogP contribution in [0.5, 0.6) is 0 Å². The highest BCUT2D eigenvalue weighted by atomic mass is 16.5. The van der Waals surface area contributed by atoms with Crippen molar-refractivity contribution in [3.63, 3.8) is 0 Å². The standard InChI is InChI=1S/C21H24N4O2/c1-12-9-15(14-5-6-14)10-13(2)17(12)25-11-16-18(24-25)22-20(23-19(16)26)21(27-3)7-4-8-21/h9-11,14H,4-8H2,1-3H3,(H,22,23,24,26). The Balaban J connectivity index is 1.63. The SMILES string of the molecule is COC1(c2nc3nn(-c4c(C)cc(C5CC5)cc4C)cc3c(=O)[nH]2)CCC1. The molecule has 2 saturated carbocycles. The van der Waals surface area contributed by atoms with Gasteiger partial charge in [-0.25, -0.2) is 9.67 Å². The Bertz CT molecular complexity index is 1070. The van der Waals surface area contributed by atoms with Gasteiger partial charge in [-0.05, 0) is 68.6 Å². The molecule has 2 fully saturated rings. The average molecular weight is 364 g/mol. The third-order valence-corrected chi connectivity index (χ3v) is 6.16. The number of aryl methyl sites for hydroxylation is 2. The lowest BCUT2D eigenvalue weighted by molar-refractivity contribution is -0.0845. The van der Waals surface area contributed by atoms with Gasteiger partial charge in [0, 0.05) is 13.3 Å². The summed E-state index contributed by atoms with van der Waals surface area (Å²) in [5.41, 5.74) is 4.65. The van der Waals surface area contributed by atoms with E-state index in [0.717, 1.165) is 24.9 Å². The van der Waals surface area contributed by atoms with E-state index in [2.05, 4.69) is 41.0 Å². The van der Waals surface area contributed by atoms with Gasteiger partial charge < -0.3 is 9.72 Å². The molecule has 6 heteroatoms. The lowest BCUT2D eigenvalue weighted by Gasteiger charge is -2.38. The fourth-order valence-electron chi connectivity index (χ4n) is 4.29. The number of methoxy groups -OCH3 is 1. The summed E-state index contributed by atoms with van der Waals surface area (Å²) < 4.78 is 7.47. The minimum atomic E-state index is -0.463. The summed E-state index contributed by atoms with van der Waals surface area (Å²) in [6.45, 7) is 4.22. The molecule has 1 aromatic carbocycles. The van der Waals surface area contributed by atoms with E-state index in [1.165, 1.54) is 29.5 Å². The van der Waals surface area contributed by atoms with Crippen molar-refractivity contribution in [1.29, 1.82) is 0 Å². The molecule has 0 bridgehead atoms. The number of fused-ring (bicyclic) bond motifs is 1.